The maximum Gasteiger partial charge on any atom is 0.146 e. The van der Waals surface area contributed by atoms with E-state index in [2.05, 4.69) is 5.32 Å². The van der Waals surface area contributed by atoms with Crippen LogP contribution in [0.25, 0.3) is 0 Å². The van der Waals surface area contributed by atoms with Crippen LogP contribution in [0.1, 0.15) is 12.5 Å². The van der Waals surface area contributed by atoms with Crippen molar-refractivity contribution in [3.63, 3.8) is 0 Å². The van der Waals surface area contributed by atoms with Crippen molar-refractivity contribution in [2.75, 3.05) is 19.0 Å². The zero-order valence-electron chi connectivity index (χ0n) is 8.80. The lowest BCUT2D eigenvalue weighted by molar-refractivity contribution is 0.190. The van der Waals surface area contributed by atoms with E-state index in [9.17, 15) is 4.39 Å². The minimum atomic E-state index is -0.215. The molecule has 0 aliphatic carbocycles. The summed E-state index contributed by atoms with van der Waals surface area (Å²) < 4.78 is 18.3. The molecule has 14 heavy (non-hydrogen) atoms. The molecule has 0 radical (unpaired) electrons. The summed E-state index contributed by atoms with van der Waals surface area (Å²) in [5, 5.41) is 3.04. The fourth-order valence-corrected chi connectivity index (χ4v) is 1.29. The summed E-state index contributed by atoms with van der Waals surface area (Å²) in [5.74, 6) is -0.215. The van der Waals surface area contributed by atoms with Gasteiger partial charge in [-0.05, 0) is 31.5 Å². The van der Waals surface area contributed by atoms with Gasteiger partial charge >= 0.3 is 0 Å². The van der Waals surface area contributed by atoms with Crippen LogP contribution in [0.4, 0.5) is 10.1 Å². The van der Waals surface area contributed by atoms with Crippen molar-refractivity contribution in [3.8, 4) is 0 Å². The third-order valence-corrected chi connectivity index (χ3v) is 1.94. The lowest BCUT2D eigenvalue weighted by Crippen LogP contribution is -2.21. The molecule has 0 bridgehead atoms. The molecule has 0 heterocycles. The van der Waals surface area contributed by atoms with Gasteiger partial charge in [0.1, 0.15) is 5.82 Å². The summed E-state index contributed by atoms with van der Waals surface area (Å²) in [7, 11) is 1.63. The Morgan fingerprint density at radius 1 is 1.50 bits per heavy atom. The van der Waals surface area contributed by atoms with Crippen molar-refractivity contribution in [3.05, 3.63) is 29.6 Å². The van der Waals surface area contributed by atoms with E-state index < -0.39 is 0 Å². The molecule has 1 aromatic carbocycles. The largest absolute Gasteiger partial charge is 0.383 e. The van der Waals surface area contributed by atoms with Crippen LogP contribution in [0, 0.1) is 12.7 Å². The van der Waals surface area contributed by atoms with Gasteiger partial charge < -0.3 is 10.1 Å². The molecule has 1 unspecified atom stereocenters. The Bertz CT molecular complexity index is 301. The molecule has 0 aromatic heterocycles. The number of aryl methyl sites for hydroxylation is 1. The van der Waals surface area contributed by atoms with Crippen LogP contribution in [0.5, 0.6) is 0 Å². The summed E-state index contributed by atoms with van der Waals surface area (Å²) in [4.78, 5) is 0. The number of rotatable bonds is 4. The number of anilines is 1. The van der Waals surface area contributed by atoms with Crippen LogP contribution in [-0.2, 0) is 4.74 Å². The first kappa shape index (κ1) is 11.0. The van der Waals surface area contributed by atoms with Crippen LogP contribution in [-0.4, -0.2) is 19.8 Å². The first-order valence-electron chi connectivity index (χ1n) is 4.65. The van der Waals surface area contributed by atoms with Gasteiger partial charge in [-0.1, -0.05) is 6.07 Å². The van der Waals surface area contributed by atoms with E-state index >= 15 is 0 Å². The van der Waals surface area contributed by atoms with E-state index in [1.807, 2.05) is 19.9 Å². The lowest BCUT2D eigenvalue weighted by Gasteiger charge is -2.14. The molecule has 3 heteroatoms. The standard InChI is InChI=1S/C11H16FNO/c1-8-4-5-11(10(12)6-8)13-9(2)7-14-3/h4-6,9,13H,7H2,1-3H3. The van der Waals surface area contributed by atoms with E-state index in [4.69, 9.17) is 4.74 Å². The summed E-state index contributed by atoms with van der Waals surface area (Å²) in [5.41, 5.74) is 1.45. The summed E-state index contributed by atoms with van der Waals surface area (Å²) in [6.07, 6.45) is 0. The van der Waals surface area contributed by atoms with E-state index in [0.717, 1.165) is 5.56 Å². The quantitative estimate of drug-likeness (QED) is 0.801. The Hall–Kier alpha value is -1.09. The van der Waals surface area contributed by atoms with Crippen LogP contribution in [0.15, 0.2) is 18.2 Å². The molecule has 2 nitrogen and oxygen atoms in total. The first-order chi connectivity index (χ1) is 6.63. The van der Waals surface area contributed by atoms with Crippen LogP contribution in [0.3, 0.4) is 0 Å². The summed E-state index contributed by atoms with van der Waals surface area (Å²) in [6, 6.07) is 5.25. The fraction of sp³-hybridized carbons (Fsp3) is 0.455. The van der Waals surface area contributed by atoms with Crippen molar-refractivity contribution in [1.82, 2.24) is 0 Å². The second-order valence-corrected chi connectivity index (χ2v) is 3.48. The summed E-state index contributed by atoms with van der Waals surface area (Å²) in [6.45, 7) is 4.38. The Morgan fingerprint density at radius 3 is 2.79 bits per heavy atom. The second kappa shape index (κ2) is 4.96. The zero-order valence-corrected chi connectivity index (χ0v) is 8.80. The molecule has 0 saturated heterocycles. The topological polar surface area (TPSA) is 21.3 Å². The van der Waals surface area contributed by atoms with Crippen LogP contribution < -0.4 is 5.32 Å². The average Bonchev–Trinajstić information content (AvgIpc) is 2.10. The fourth-order valence-electron chi connectivity index (χ4n) is 1.29. The molecule has 78 valence electrons. The summed E-state index contributed by atoms with van der Waals surface area (Å²) >= 11 is 0. The molecule has 0 saturated carbocycles. The molecule has 1 atom stereocenters. The monoisotopic (exact) mass is 197 g/mol. The molecule has 0 spiro atoms. The van der Waals surface area contributed by atoms with Crippen molar-refractivity contribution in [1.29, 1.82) is 0 Å². The molecule has 0 aliphatic heterocycles. The number of benzene rings is 1. The Morgan fingerprint density at radius 2 is 2.21 bits per heavy atom. The van der Waals surface area contributed by atoms with Gasteiger partial charge in [0, 0.05) is 13.2 Å². The number of hydrogen-bond acceptors (Lipinski definition) is 2. The zero-order chi connectivity index (χ0) is 10.6. The van der Waals surface area contributed by atoms with E-state index in [0.29, 0.717) is 12.3 Å². The van der Waals surface area contributed by atoms with Crippen molar-refractivity contribution >= 4 is 5.69 Å². The van der Waals surface area contributed by atoms with Gasteiger partial charge in [0.15, 0.2) is 0 Å². The van der Waals surface area contributed by atoms with E-state index in [-0.39, 0.29) is 11.9 Å². The van der Waals surface area contributed by atoms with Crippen LogP contribution in [0.2, 0.25) is 0 Å². The average molecular weight is 197 g/mol. The molecular formula is C11H16FNO. The highest BCUT2D eigenvalue weighted by Crippen LogP contribution is 2.16. The predicted octanol–water partition coefficient (Wildman–Crippen LogP) is 2.58. The number of halogens is 1. The predicted molar refractivity (Wildman–Crippen MR) is 56.1 cm³/mol. The SMILES string of the molecule is COCC(C)Nc1ccc(C)cc1F. The van der Waals surface area contributed by atoms with Crippen molar-refractivity contribution in [2.45, 2.75) is 19.9 Å². The lowest BCUT2D eigenvalue weighted by atomic mass is 10.2. The normalized spacial score (nSPS) is 12.6. The van der Waals surface area contributed by atoms with Gasteiger partial charge in [0.05, 0.1) is 12.3 Å². The Kier molecular flexibility index (Phi) is 3.89. The smallest absolute Gasteiger partial charge is 0.146 e. The molecule has 0 fully saturated rings. The molecule has 0 aliphatic rings. The van der Waals surface area contributed by atoms with E-state index in [1.165, 1.54) is 6.07 Å². The highest BCUT2D eigenvalue weighted by atomic mass is 19.1. The Balaban J connectivity index is 2.67. The first-order valence-corrected chi connectivity index (χ1v) is 4.65. The number of hydrogen-bond donors (Lipinski definition) is 1. The maximum absolute atomic E-state index is 13.3. The van der Waals surface area contributed by atoms with Crippen LogP contribution >= 0.6 is 0 Å². The molecule has 1 N–H and O–H groups in total. The Labute approximate surface area is 84.1 Å². The van der Waals surface area contributed by atoms with Crippen molar-refractivity contribution in [2.24, 2.45) is 0 Å². The van der Waals surface area contributed by atoms with Gasteiger partial charge in [-0.2, -0.15) is 0 Å². The number of nitrogens with one attached hydrogen (secondary N) is 1. The highest BCUT2D eigenvalue weighted by Gasteiger charge is 2.05. The van der Waals surface area contributed by atoms with Gasteiger partial charge in [0.25, 0.3) is 0 Å². The van der Waals surface area contributed by atoms with Crippen molar-refractivity contribution < 1.29 is 9.13 Å². The van der Waals surface area contributed by atoms with Gasteiger partial charge in [-0.25, -0.2) is 4.39 Å². The third kappa shape index (κ3) is 3.00. The number of ether oxygens (including phenoxy) is 1. The number of methoxy groups -OCH3 is 1. The third-order valence-electron chi connectivity index (χ3n) is 1.94. The molecular weight excluding hydrogens is 181 g/mol. The highest BCUT2D eigenvalue weighted by molar-refractivity contribution is 5.46. The van der Waals surface area contributed by atoms with Gasteiger partial charge in [0.2, 0.25) is 0 Å². The minimum absolute atomic E-state index is 0.109. The molecule has 1 aromatic rings. The second-order valence-electron chi connectivity index (χ2n) is 3.48. The van der Waals surface area contributed by atoms with Gasteiger partial charge in [-0.3, -0.25) is 0 Å². The molecule has 0 amide bonds. The minimum Gasteiger partial charge on any atom is -0.383 e. The van der Waals surface area contributed by atoms with E-state index in [1.54, 1.807) is 13.2 Å². The maximum atomic E-state index is 13.3. The van der Waals surface area contributed by atoms with Gasteiger partial charge in [-0.15, -0.1) is 0 Å². The molecule has 1 rings (SSSR count).